The fourth-order valence-corrected chi connectivity index (χ4v) is 3.60. The monoisotopic (exact) mass is 284 g/mol. The Bertz CT molecular complexity index is 428. The molecule has 1 aromatic carbocycles. The Hall–Kier alpha value is -0.670. The lowest BCUT2D eigenvalue weighted by molar-refractivity contribution is 0.0955. The summed E-state index contributed by atoms with van der Waals surface area (Å²) >= 11 is 7.92. The topological polar surface area (TPSA) is 26.3 Å². The van der Waals surface area contributed by atoms with Gasteiger partial charge in [0.05, 0.1) is 12.7 Å². The molecule has 0 radical (unpaired) electrons. The van der Waals surface area contributed by atoms with E-state index < -0.39 is 0 Å². The number of carbonyl (C=O) groups excluding carboxylic acids is 1. The van der Waals surface area contributed by atoms with E-state index in [9.17, 15) is 4.79 Å². The van der Waals surface area contributed by atoms with E-state index in [1.54, 1.807) is 25.3 Å². The third-order valence-electron chi connectivity index (χ3n) is 3.28. The molecule has 1 saturated heterocycles. The van der Waals surface area contributed by atoms with Crippen molar-refractivity contribution in [2.75, 3.05) is 18.6 Å². The van der Waals surface area contributed by atoms with Crippen LogP contribution in [0, 0.1) is 5.92 Å². The number of carbonyl (C=O) groups is 1. The van der Waals surface area contributed by atoms with Crippen molar-refractivity contribution < 1.29 is 9.53 Å². The van der Waals surface area contributed by atoms with E-state index in [1.165, 1.54) is 11.5 Å². The third-order valence-corrected chi connectivity index (χ3v) is 4.56. The van der Waals surface area contributed by atoms with E-state index in [1.807, 2.05) is 11.8 Å². The number of benzene rings is 1. The highest BCUT2D eigenvalue weighted by molar-refractivity contribution is 7.99. The highest BCUT2D eigenvalue weighted by atomic mass is 35.5. The molecule has 0 N–H and O–H groups in total. The third kappa shape index (κ3) is 3.42. The summed E-state index contributed by atoms with van der Waals surface area (Å²) in [6.07, 6.45) is 2.88. The van der Waals surface area contributed by atoms with Crippen LogP contribution < -0.4 is 4.74 Å². The summed E-state index contributed by atoms with van der Waals surface area (Å²) in [6.45, 7) is 0. The van der Waals surface area contributed by atoms with Crippen LogP contribution in [-0.2, 0) is 0 Å². The summed E-state index contributed by atoms with van der Waals surface area (Å²) in [6, 6.07) is 5.21. The van der Waals surface area contributed by atoms with Crippen molar-refractivity contribution in [3.63, 3.8) is 0 Å². The summed E-state index contributed by atoms with van der Waals surface area (Å²) in [5.74, 6) is 3.62. The molecule has 0 bridgehead atoms. The number of thioether (sulfide) groups is 1. The van der Waals surface area contributed by atoms with Gasteiger partial charge in [-0.1, -0.05) is 11.6 Å². The Labute approximate surface area is 117 Å². The van der Waals surface area contributed by atoms with Gasteiger partial charge in [0.1, 0.15) is 5.75 Å². The second-order valence-corrected chi connectivity index (χ2v) is 6.19. The molecule has 2 nitrogen and oxygen atoms in total. The van der Waals surface area contributed by atoms with E-state index >= 15 is 0 Å². The van der Waals surface area contributed by atoms with E-state index in [0.717, 1.165) is 12.8 Å². The number of hydrogen-bond donors (Lipinski definition) is 0. The van der Waals surface area contributed by atoms with Crippen molar-refractivity contribution >= 4 is 29.1 Å². The number of methoxy groups -OCH3 is 1. The van der Waals surface area contributed by atoms with Crippen molar-refractivity contribution in [2.45, 2.75) is 19.3 Å². The van der Waals surface area contributed by atoms with Gasteiger partial charge in [0, 0.05) is 11.4 Å². The minimum atomic E-state index is 0.145. The molecule has 4 heteroatoms. The van der Waals surface area contributed by atoms with Gasteiger partial charge in [0.25, 0.3) is 0 Å². The van der Waals surface area contributed by atoms with Gasteiger partial charge in [-0.15, -0.1) is 0 Å². The summed E-state index contributed by atoms with van der Waals surface area (Å²) in [5.41, 5.74) is 0.614. The molecule has 98 valence electrons. The Morgan fingerprint density at radius 3 is 2.83 bits per heavy atom. The Morgan fingerprint density at radius 1 is 1.44 bits per heavy atom. The second kappa shape index (κ2) is 6.48. The molecule has 0 aromatic heterocycles. The largest absolute Gasteiger partial charge is 0.496 e. The molecule has 0 aliphatic carbocycles. The minimum absolute atomic E-state index is 0.145. The standard InChI is InChI=1S/C14H17ClO2S/c1-17-14-3-2-11(15)9-12(14)13(16)8-10-4-6-18-7-5-10/h2-3,9-10H,4-8H2,1H3. The number of ether oxygens (including phenoxy) is 1. The molecule has 0 saturated carbocycles. The van der Waals surface area contributed by atoms with Crippen molar-refractivity contribution in [2.24, 2.45) is 5.92 Å². The minimum Gasteiger partial charge on any atom is -0.496 e. The van der Waals surface area contributed by atoms with Crippen molar-refractivity contribution in [1.82, 2.24) is 0 Å². The van der Waals surface area contributed by atoms with Crippen LogP contribution in [0.5, 0.6) is 5.75 Å². The SMILES string of the molecule is COc1ccc(Cl)cc1C(=O)CC1CCSCC1. The van der Waals surface area contributed by atoms with Gasteiger partial charge in [-0.05, 0) is 48.5 Å². The smallest absolute Gasteiger partial charge is 0.166 e. The van der Waals surface area contributed by atoms with Gasteiger partial charge in [-0.2, -0.15) is 11.8 Å². The summed E-state index contributed by atoms with van der Waals surface area (Å²) < 4.78 is 5.23. The van der Waals surface area contributed by atoms with Crippen molar-refractivity contribution in [3.8, 4) is 5.75 Å². The van der Waals surface area contributed by atoms with Gasteiger partial charge >= 0.3 is 0 Å². The highest BCUT2D eigenvalue weighted by Gasteiger charge is 2.20. The second-order valence-electron chi connectivity index (χ2n) is 4.53. The average molecular weight is 285 g/mol. The first-order chi connectivity index (χ1) is 8.70. The number of hydrogen-bond acceptors (Lipinski definition) is 3. The molecule has 1 aromatic rings. The molecule has 1 aliphatic heterocycles. The highest BCUT2D eigenvalue weighted by Crippen LogP contribution is 2.29. The lowest BCUT2D eigenvalue weighted by atomic mass is 9.93. The molecular formula is C14H17ClO2S. The first kappa shape index (κ1) is 13.8. The molecule has 1 fully saturated rings. The molecular weight excluding hydrogens is 268 g/mol. The number of halogens is 1. The summed E-state index contributed by atoms with van der Waals surface area (Å²) in [4.78, 5) is 12.3. The molecule has 0 atom stereocenters. The number of rotatable bonds is 4. The average Bonchev–Trinajstić information content (AvgIpc) is 2.40. The predicted octanol–water partition coefficient (Wildman–Crippen LogP) is 4.06. The Morgan fingerprint density at radius 2 is 2.17 bits per heavy atom. The van der Waals surface area contributed by atoms with Crippen molar-refractivity contribution in [3.05, 3.63) is 28.8 Å². The van der Waals surface area contributed by atoms with Crippen LogP contribution in [0.15, 0.2) is 18.2 Å². The molecule has 1 heterocycles. The van der Waals surface area contributed by atoms with Gasteiger partial charge in [-0.25, -0.2) is 0 Å². The van der Waals surface area contributed by atoms with E-state index in [0.29, 0.717) is 28.7 Å². The fraction of sp³-hybridized carbons (Fsp3) is 0.500. The summed E-state index contributed by atoms with van der Waals surface area (Å²) in [5, 5.41) is 0.582. The number of ketones is 1. The van der Waals surface area contributed by atoms with Crippen LogP contribution >= 0.6 is 23.4 Å². The van der Waals surface area contributed by atoms with Crippen molar-refractivity contribution in [1.29, 1.82) is 0 Å². The predicted molar refractivity (Wildman–Crippen MR) is 77.0 cm³/mol. The Kier molecular flexibility index (Phi) is 4.95. The molecule has 0 spiro atoms. The Balaban J connectivity index is 2.09. The maximum absolute atomic E-state index is 12.3. The fourth-order valence-electron chi connectivity index (χ4n) is 2.22. The van der Waals surface area contributed by atoms with Crippen LogP contribution in [0.4, 0.5) is 0 Å². The first-order valence-corrected chi connectivity index (χ1v) is 7.68. The van der Waals surface area contributed by atoms with Gasteiger partial charge in [-0.3, -0.25) is 4.79 Å². The zero-order valence-electron chi connectivity index (χ0n) is 10.4. The zero-order chi connectivity index (χ0) is 13.0. The van der Waals surface area contributed by atoms with Gasteiger partial charge < -0.3 is 4.74 Å². The molecule has 2 rings (SSSR count). The first-order valence-electron chi connectivity index (χ1n) is 6.15. The summed E-state index contributed by atoms with van der Waals surface area (Å²) in [7, 11) is 1.58. The molecule has 0 unspecified atom stereocenters. The number of Topliss-reactive ketones (excluding diaryl/α,β-unsaturated/α-hetero) is 1. The molecule has 1 aliphatic rings. The van der Waals surface area contributed by atoms with Crippen LogP contribution in [0.25, 0.3) is 0 Å². The van der Waals surface area contributed by atoms with E-state index in [2.05, 4.69) is 0 Å². The normalized spacial score (nSPS) is 16.6. The van der Waals surface area contributed by atoms with Crippen LogP contribution in [-0.4, -0.2) is 24.4 Å². The molecule has 0 amide bonds. The lowest BCUT2D eigenvalue weighted by Gasteiger charge is -2.20. The molecule has 18 heavy (non-hydrogen) atoms. The van der Waals surface area contributed by atoms with Gasteiger partial charge in [0.2, 0.25) is 0 Å². The van der Waals surface area contributed by atoms with Gasteiger partial charge in [0.15, 0.2) is 5.78 Å². The van der Waals surface area contributed by atoms with Crippen LogP contribution in [0.2, 0.25) is 5.02 Å². The van der Waals surface area contributed by atoms with Crippen LogP contribution in [0.3, 0.4) is 0 Å². The van der Waals surface area contributed by atoms with E-state index in [4.69, 9.17) is 16.3 Å². The maximum atomic E-state index is 12.3. The van der Waals surface area contributed by atoms with E-state index in [-0.39, 0.29) is 5.78 Å². The zero-order valence-corrected chi connectivity index (χ0v) is 12.0. The lowest BCUT2D eigenvalue weighted by Crippen LogP contribution is -2.15. The quantitative estimate of drug-likeness (QED) is 0.780. The maximum Gasteiger partial charge on any atom is 0.166 e. The van der Waals surface area contributed by atoms with Crippen LogP contribution in [0.1, 0.15) is 29.6 Å².